The first-order chi connectivity index (χ1) is 13.6. The Balaban J connectivity index is 2.92. The molecule has 0 fully saturated rings. The van der Waals surface area contributed by atoms with Gasteiger partial charge in [-0.3, -0.25) is 9.59 Å². The summed E-state index contributed by atoms with van der Waals surface area (Å²) < 4.78 is 15.3. The summed E-state index contributed by atoms with van der Waals surface area (Å²) in [4.78, 5) is 37.0. The topological polar surface area (TPSA) is 141 Å². The lowest BCUT2D eigenvalue weighted by molar-refractivity contribution is -0.150. The zero-order chi connectivity index (χ0) is 22.1. The van der Waals surface area contributed by atoms with E-state index < -0.39 is 30.3 Å². The Morgan fingerprint density at radius 1 is 1.14 bits per heavy atom. The van der Waals surface area contributed by atoms with Crippen LogP contribution in [0.3, 0.4) is 0 Å². The molecule has 0 saturated carbocycles. The summed E-state index contributed by atoms with van der Waals surface area (Å²) in [5.74, 6) is -1.56. The Kier molecular flexibility index (Phi) is 8.68. The fourth-order valence-electron chi connectivity index (χ4n) is 2.33. The zero-order valence-corrected chi connectivity index (χ0v) is 17.1. The van der Waals surface area contributed by atoms with Crippen molar-refractivity contribution < 1.29 is 28.6 Å². The van der Waals surface area contributed by atoms with Crippen molar-refractivity contribution in [3.05, 3.63) is 35.0 Å². The molecule has 1 rings (SSSR count). The molecule has 0 aliphatic rings. The minimum absolute atomic E-state index is 0.0363. The van der Waals surface area contributed by atoms with Crippen molar-refractivity contribution in [2.75, 3.05) is 20.8 Å². The van der Waals surface area contributed by atoms with Gasteiger partial charge in [0.05, 0.1) is 14.2 Å². The van der Waals surface area contributed by atoms with Gasteiger partial charge in [0.1, 0.15) is 29.2 Å². The number of nitrogens with one attached hydrogen (secondary N) is 1. The van der Waals surface area contributed by atoms with Gasteiger partial charge in [0.15, 0.2) is 6.61 Å². The molecule has 1 aromatic rings. The number of nitriles is 1. The fourth-order valence-corrected chi connectivity index (χ4v) is 2.33. The molecule has 0 spiro atoms. The maximum Gasteiger partial charge on any atom is 0.329 e. The number of nitrogens with zero attached hydrogens (tertiary/aromatic N) is 1. The number of Topliss-reactive ketones (excluding diaryl/α,β-unsaturated/α-hetero) is 1. The number of benzene rings is 1. The van der Waals surface area contributed by atoms with Gasteiger partial charge in [-0.2, -0.15) is 5.26 Å². The number of ketones is 1. The van der Waals surface area contributed by atoms with E-state index in [4.69, 9.17) is 25.2 Å². The minimum atomic E-state index is -1.01. The highest BCUT2D eigenvalue weighted by Gasteiger charge is 2.27. The van der Waals surface area contributed by atoms with Crippen molar-refractivity contribution in [3.8, 4) is 17.6 Å². The standard InChI is InChI=1S/C20H25N3O6/c1-11(2)18(20(26)29-10-17(24)16(9-21)12(3)22)23-19(25)13-6-14(27-4)8-15(7-13)28-5/h6-8,11,18H,10,22H2,1-5H3,(H,23,25)/b16-12+/t18-/m0/s1. The third-order valence-corrected chi connectivity index (χ3v) is 3.95. The molecule has 9 heteroatoms. The Morgan fingerprint density at radius 2 is 1.69 bits per heavy atom. The Hall–Kier alpha value is -3.54. The molecule has 29 heavy (non-hydrogen) atoms. The first kappa shape index (κ1) is 23.5. The number of methoxy groups -OCH3 is 2. The average molecular weight is 403 g/mol. The average Bonchev–Trinajstić information content (AvgIpc) is 2.69. The second kappa shape index (κ2) is 10.7. The van der Waals surface area contributed by atoms with Gasteiger partial charge in [-0.1, -0.05) is 13.8 Å². The number of rotatable bonds is 9. The number of allylic oxidation sites excluding steroid dienone is 1. The SMILES string of the molecule is COc1cc(OC)cc(C(=O)N[C@H](C(=O)OCC(=O)/C(C#N)=C(\C)N)C(C)C)c1. The predicted octanol–water partition coefficient (Wildman–Crippen LogP) is 1.33. The van der Waals surface area contributed by atoms with Crippen molar-refractivity contribution in [3.63, 3.8) is 0 Å². The van der Waals surface area contributed by atoms with Crippen molar-refractivity contribution in [2.24, 2.45) is 11.7 Å². The van der Waals surface area contributed by atoms with E-state index in [1.165, 1.54) is 33.3 Å². The maximum atomic E-state index is 12.6. The van der Waals surface area contributed by atoms with Crippen LogP contribution in [-0.4, -0.2) is 44.5 Å². The van der Waals surface area contributed by atoms with E-state index in [1.807, 2.05) is 0 Å². The number of nitrogens with two attached hydrogens (primary N) is 1. The number of hydrogen-bond donors (Lipinski definition) is 2. The molecule has 0 bridgehead atoms. The van der Waals surface area contributed by atoms with Gasteiger partial charge in [0, 0.05) is 17.3 Å². The van der Waals surface area contributed by atoms with E-state index in [0.29, 0.717) is 11.5 Å². The molecular formula is C20H25N3O6. The molecule has 0 aromatic heterocycles. The molecule has 1 atom stereocenters. The van der Waals surface area contributed by atoms with E-state index in [0.717, 1.165) is 0 Å². The summed E-state index contributed by atoms with van der Waals surface area (Å²) >= 11 is 0. The first-order valence-corrected chi connectivity index (χ1v) is 8.74. The Bertz CT molecular complexity index is 828. The number of carbonyl (C=O) groups excluding carboxylic acids is 3. The molecule has 156 valence electrons. The van der Waals surface area contributed by atoms with Gasteiger partial charge in [-0.25, -0.2) is 4.79 Å². The summed E-state index contributed by atoms with van der Waals surface area (Å²) in [6.45, 7) is 4.18. The molecule has 0 aliphatic heterocycles. The smallest absolute Gasteiger partial charge is 0.329 e. The van der Waals surface area contributed by atoms with E-state index in [9.17, 15) is 14.4 Å². The number of esters is 1. The molecule has 3 N–H and O–H groups in total. The van der Waals surface area contributed by atoms with Crippen molar-refractivity contribution in [1.82, 2.24) is 5.32 Å². The van der Waals surface area contributed by atoms with Crippen molar-refractivity contribution in [2.45, 2.75) is 26.8 Å². The summed E-state index contributed by atoms with van der Waals surface area (Å²) in [7, 11) is 2.91. The van der Waals surface area contributed by atoms with Crippen LogP contribution in [0, 0.1) is 17.2 Å². The lowest BCUT2D eigenvalue weighted by Crippen LogP contribution is -2.45. The van der Waals surface area contributed by atoms with E-state index >= 15 is 0 Å². The highest BCUT2D eigenvalue weighted by Crippen LogP contribution is 2.22. The Morgan fingerprint density at radius 3 is 2.10 bits per heavy atom. The van der Waals surface area contributed by atoms with Crippen LogP contribution in [0.2, 0.25) is 0 Å². The number of carbonyl (C=O) groups is 3. The van der Waals surface area contributed by atoms with E-state index in [2.05, 4.69) is 5.32 Å². The molecule has 1 amide bonds. The third-order valence-electron chi connectivity index (χ3n) is 3.95. The summed E-state index contributed by atoms with van der Waals surface area (Å²) in [6, 6.07) is 5.26. The normalized spacial score (nSPS) is 12.3. The largest absolute Gasteiger partial charge is 0.497 e. The Labute approximate surface area is 169 Å². The lowest BCUT2D eigenvalue weighted by Gasteiger charge is -2.21. The molecule has 0 saturated heterocycles. The van der Waals surface area contributed by atoms with Crippen LogP contribution in [0.1, 0.15) is 31.1 Å². The van der Waals surface area contributed by atoms with Gasteiger partial charge in [0.25, 0.3) is 5.91 Å². The maximum absolute atomic E-state index is 12.6. The van der Waals surface area contributed by atoms with Gasteiger partial charge in [-0.05, 0) is 25.0 Å². The third kappa shape index (κ3) is 6.53. The summed E-state index contributed by atoms with van der Waals surface area (Å²) in [5, 5.41) is 11.5. The van der Waals surface area contributed by atoms with Gasteiger partial charge >= 0.3 is 5.97 Å². The van der Waals surface area contributed by atoms with Crippen molar-refractivity contribution >= 4 is 17.7 Å². The van der Waals surface area contributed by atoms with Crippen LogP contribution in [0.15, 0.2) is 29.5 Å². The van der Waals surface area contributed by atoms with Gasteiger partial charge < -0.3 is 25.3 Å². The van der Waals surface area contributed by atoms with E-state index in [1.54, 1.807) is 26.0 Å². The van der Waals surface area contributed by atoms with E-state index in [-0.39, 0.29) is 22.8 Å². The second-order valence-corrected chi connectivity index (χ2v) is 6.50. The summed E-state index contributed by atoms with van der Waals surface area (Å²) in [5.41, 5.74) is 5.45. The number of amides is 1. The van der Waals surface area contributed by atoms with Crippen LogP contribution in [0.5, 0.6) is 11.5 Å². The number of ether oxygens (including phenoxy) is 3. The predicted molar refractivity (Wildman–Crippen MR) is 104 cm³/mol. The highest BCUT2D eigenvalue weighted by molar-refractivity contribution is 6.02. The molecule has 1 aromatic carbocycles. The number of hydrogen-bond acceptors (Lipinski definition) is 8. The highest BCUT2D eigenvalue weighted by atomic mass is 16.5. The second-order valence-electron chi connectivity index (χ2n) is 6.50. The molecule has 0 aliphatic carbocycles. The minimum Gasteiger partial charge on any atom is -0.497 e. The quantitative estimate of drug-likeness (QED) is 0.357. The van der Waals surface area contributed by atoms with Gasteiger partial charge in [0.2, 0.25) is 5.78 Å². The zero-order valence-electron chi connectivity index (χ0n) is 17.1. The molecule has 0 radical (unpaired) electrons. The van der Waals surface area contributed by atoms with Crippen LogP contribution in [0.25, 0.3) is 0 Å². The molecule has 0 unspecified atom stereocenters. The van der Waals surface area contributed by atoms with Crippen LogP contribution >= 0.6 is 0 Å². The van der Waals surface area contributed by atoms with Crippen molar-refractivity contribution in [1.29, 1.82) is 5.26 Å². The monoisotopic (exact) mass is 403 g/mol. The first-order valence-electron chi connectivity index (χ1n) is 8.74. The molecule has 0 heterocycles. The fraction of sp³-hybridized carbons (Fsp3) is 0.400. The molecule has 9 nitrogen and oxygen atoms in total. The lowest BCUT2D eigenvalue weighted by atomic mass is 10.0. The molecular weight excluding hydrogens is 378 g/mol. The van der Waals surface area contributed by atoms with Crippen LogP contribution < -0.4 is 20.5 Å². The van der Waals surface area contributed by atoms with Gasteiger partial charge in [-0.15, -0.1) is 0 Å². The summed E-state index contributed by atoms with van der Waals surface area (Å²) in [6.07, 6.45) is 0. The van der Waals surface area contributed by atoms with Crippen LogP contribution in [0.4, 0.5) is 0 Å². The van der Waals surface area contributed by atoms with Crippen LogP contribution in [-0.2, 0) is 14.3 Å².